The molecule has 1 fully saturated rings. The summed E-state index contributed by atoms with van der Waals surface area (Å²) in [5, 5.41) is 3.32. The molecule has 0 spiro atoms. The SMILES string of the molecule is COc1ccc(N2CCN(C(=O)c3ccnc(NC(C)(C)C)c3)CC2)cc1. The van der Waals surface area contributed by atoms with Gasteiger partial charge in [0.25, 0.3) is 5.91 Å². The number of benzene rings is 1. The van der Waals surface area contributed by atoms with Gasteiger partial charge in [0.2, 0.25) is 0 Å². The van der Waals surface area contributed by atoms with E-state index in [0.717, 1.165) is 30.3 Å². The van der Waals surface area contributed by atoms with E-state index in [4.69, 9.17) is 4.74 Å². The van der Waals surface area contributed by atoms with Crippen molar-refractivity contribution in [1.29, 1.82) is 0 Å². The Morgan fingerprint density at radius 1 is 1.07 bits per heavy atom. The van der Waals surface area contributed by atoms with Gasteiger partial charge in [-0.1, -0.05) is 0 Å². The van der Waals surface area contributed by atoms with Crippen LogP contribution in [0.25, 0.3) is 0 Å². The molecule has 1 amide bonds. The standard InChI is InChI=1S/C21H28N4O2/c1-21(2,3)23-19-15-16(9-10-22-19)20(26)25-13-11-24(12-14-25)17-5-7-18(27-4)8-6-17/h5-10,15H,11-14H2,1-4H3,(H,22,23). The molecule has 3 rings (SSSR count). The van der Waals surface area contributed by atoms with Crippen molar-refractivity contribution in [2.45, 2.75) is 26.3 Å². The number of carbonyl (C=O) groups excluding carboxylic acids is 1. The van der Waals surface area contributed by atoms with Crippen molar-refractivity contribution < 1.29 is 9.53 Å². The topological polar surface area (TPSA) is 57.7 Å². The summed E-state index contributed by atoms with van der Waals surface area (Å²) >= 11 is 0. The van der Waals surface area contributed by atoms with E-state index in [1.807, 2.05) is 23.1 Å². The van der Waals surface area contributed by atoms with Gasteiger partial charge in [-0.3, -0.25) is 4.79 Å². The number of rotatable bonds is 4. The van der Waals surface area contributed by atoms with Crippen LogP contribution in [0.1, 0.15) is 31.1 Å². The molecule has 0 atom stereocenters. The predicted molar refractivity (Wildman–Crippen MR) is 109 cm³/mol. The summed E-state index contributed by atoms with van der Waals surface area (Å²) in [7, 11) is 1.67. The van der Waals surface area contributed by atoms with E-state index in [2.05, 4.69) is 48.1 Å². The summed E-state index contributed by atoms with van der Waals surface area (Å²) in [6.07, 6.45) is 1.69. The van der Waals surface area contributed by atoms with E-state index < -0.39 is 0 Å². The first-order valence-corrected chi connectivity index (χ1v) is 9.28. The number of methoxy groups -OCH3 is 1. The van der Waals surface area contributed by atoms with Crippen molar-refractivity contribution in [2.75, 3.05) is 43.5 Å². The molecule has 1 aromatic heterocycles. The van der Waals surface area contributed by atoms with Crippen molar-refractivity contribution in [3.63, 3.8) is 0 Å². The Balaban J connectivity index is 1.62. The first-order chi connectivity index (χ1) is 12.9. The Morgan fingerprint density at radius 2 is 1.74 bits per heavy atom. The summed E-state index contributed by atoms with van der Waals surface area (Å²) in [5.41, 5.74) is 1.73. The molecule has 0 saturated carbocycles. The molecule has 1 saturated heterocycles. The average molecular weight is 368 g/mol. The number of hydrogen-bond acceptors (Lipinski definition) is 5. The molecule has 1 aliphatic heterocycles. The summed E-state index contributed by atoms with van der Waals surface area (Å²) in [4.78, 5) is 21.4. The van der Waals surface area contributed by atoms with Crippen LogP contribution in [0.15, 0.2) is 42.6 Å². The fraction of sp³-hybridized carbons (Fsp3) is 0.429. The second kappa shape index (κ2) is 7.86. The van der Waals surface area contributed by atoms with Crippen LogP contribution in [0.5, 0.6) is 5.75 Å². The van der Waals surface area contributed by atoms with Crippen LogP contribution < -0.4 is 15.0 Å². The van der Waals surface area contributed by atoms with Crippen LogP contribution in [0.4, 0.5) is 11.5 Å². The van der Waals surface area contributed by atoms with E-state index in [-0.39, 0.29) is 11.4 Å². The molecular formula is C21H28N4O2. The van der Waals surface area contributed by atoms with Crippen LogP contribution in [0.3, 0.4) is 0 Å². The van der Waals surface area contributed by atoms with E-state index in [0.29, 0.717) is 18.7 Å². The highest BCUT2D eigenvalue weighted by Crippen LogP contribution is 2.21. The number of hydrogen-bond donors (Lipinski definition) is 1. The van der Waals surface area contributed by atoms with E-state index in [1.165, 1.54) is 0 Å². The number of piperazine rings is 1. The number of carbonyl (C=O) groups is 1. The Hall–Kier alpha value is -2.76. The largest absolute Gasteiger partial charge is 0.497 e. The maximum Gasteiger partial charge on any atom is 0.254 e. The molecule has 0 radical (unpaired) electrons. The summed E-state index contributed by atoms with van der Waals surface area (Å²) in [6, 6.07) is 11.7. The summed E-state index contributed by atoms with van der Waals surface area (Å²) < 4.78 is 5.21. The van der Waals surface area contributed by atoms with Gasteiger partial charge in [0.05, 0.1) is 7.11 Å². The zero-order chi connectivity index (χ0) is 19.4. The first kappa shape index (κ1) is 19.0. The summed E-state index contributed by atoms with van der Waals surface area (Å²) in [5.74, 6) is 1.64. The van der Waals surface area contributed by atoms with Crippen LogP contribution >= 0.6 is 0 Å². The zero-order valence-corrected chi connectivity index (χ0v) is 16.5. The van der Waals surface area contributed by atoms with Crippen molar-refractivity contribution in [3.8, 4) is 5.75 Å². The molecule has 6 nitrogen and oxygen atoms in total. The molecule has 1 aliphatic rings. The van der Waals surface area contributed by atoms with Gasteiger partial charge in [-0.15, -0.1) is 0 Å². The molecule has 144 valence electrons. The summed E-state index contributed by atoms with van der Waals surface area (Å²) in [6.45, 7) is 9.25. The lowest BCUT2D eigenvalue weighted by Gasteiger charge is -2.36. The van der Waals surface area contributed by atoms with Gasteiger partial charge >= 0.3 is 0 Å². The van der Waals surface area contributed by atoms with E-state index >= 15 is 0 Å². The molecule has 27 heavy (non-hydrogen) atoms. The number of nitrogens with zero attached hydrogens (tertiary/aromatic N) is 3. The Labute approximate surface area is 161 Å². The highest BCUT2D eigenvalue weighted by Gasteiger charge is 2.23. The fourth-order valence-electron chi connectivity index (χ4n) is 3.16. The molecule has 2 heterocycles. The van der Waals surface area contributed by atoms with Crippen molar-refractivity contribution in [2.24, 2.45) is 0 Å². The van der Waals surface area contributed by atoms with Crippen LogP contribution in [-0.2, 0) is 0 Å². The lowest BCUT2D eigenvalue weighted by molar-refractivity contribution is 0.0746. The zero-order valence-electron chi connectivity index (χ0n) is 16.5. The van der Waals surface area contributed by atoms with Crippen LogP contribution in [-0.4, -0.2) is 54.6 Å². The molecule has 0 unspecified atom stereocenters. The number of aromatic nitrogens is 1. The van der Waals surface area contributed by atoms with Gasteiger partial charge in [0.15, 0.2) is 0 Å². The quantitative estimate of drug-likeness (QED) is 0.898. The maximum absolute atomic E-state index is 12.9. The molecule has 6 heteroatoms. The maximum atomic E-state index is 12.9. The molecular weight excluding hydrogens is 340 g/mol. The van der Waals surface area contributed by atoms with Gasteiger partial charge in [-0.05, 0) is 57.2 Å². The molecule has 0 aliphatic carbocycles. The van der Waals surface area contributed by atoms with E-state index in [1.54, 1.807) is 19.4 Å². The first-order valence-electron chi connectivity index (χ1n) is 9.28. The number of anilines is 2. The van der Waals surface area contributed by atoms with Gasteiger partial charge in [-0.2, -0.15) is 0 Å². The van der Waals surface area contributed by atoms with Crippen molar-refractivity contribution >= 4 is 17.4 Å². The lowest BCUT2D eigenvalue weighted by Crippen LogP contribution is -2.48. The fourth-order valence-corrected chi connectivity index (χ4v) is 3.16. The lowest BCUT2D eigenvalue weighted by atomic mass is 10.1. The monoisotopic (exact) mass is 368 g/mol. The Bertz CT molecular complexity index is 776. The molecule has 0 bridgehead atoms. The van der Waals surface area contributed by atoms with Crippen molar-refractivity contribution in [1.82, 2.24) is 9.88 Å². The van der Waals surface area contributed by atoms with Gasteiger partial charge < -0.3 is 19.9 Å². The Morgan fingerprint density at radius 3 is 2.33 bits per heavy atom. The highest BCUT2D eigenvalue weighted by molar-refractivity contribution is 5.95. The molecule has 1 N–H and O–H groups in total. The Kier molecular flexibility index (Phi) is 5.54. The van der Waals surface area contributed by atoms with Crippen LogP contribution in [0, 0.1) is 0 Å². The number of nitrogens with one attached hydrogen (secondary N) is 1. The van der Waals surface area contributed by atoms with Gasteiger partial charge in [-0.25, -0.2) is 4.98 Å². The second-order valence-corrected chi connectivity index (χ2v) is 7.78. The minimum Gasteiger partial charge on any atom is -0.497 e. The predicted octanol–water partition coefficient (Wildman–Crippen LogP) is 3.26. The normalized spacial score (nSPS) is 14.8. The smallest absolute Gasteiger partial charge is 0.254 e. The van der Waals surface area contributed by atoms with Gasteiger partial charge in [0, 0.05) is 49.2 Å². The molecule has 2 aromatic rings. The van der Waals surface area contributed by atoms with E-state index in [9.17, 15) is 4.79 Å². The van der Waals surface area contributed by atoms with Crippen LogP contribution in [0.2, 0.25) is 0 Å². The minimum atomic E-state index is -0.0986. The van der Waals surface area contributed by atoms with Gasteiger partial charge in [0.1, 0.15) is 11.6 Å². The number of pyridine rings is 1. The average Bonchev–Trinajstić information content (AvgIpc) is 2.66. The second-order valence-electron chi connectivity index (χ2n) is 7.78. The molecule has 1 aromatic carbocycles. The highest BCUT2D eigenvalue weighted by atomic mass is 16.5. The van der Waals surface area contributed by atoms with Crippen molar-refractivity contribution in [3.05, 3.63) is 48.2 Å². The third-order valence-electron chi connectivity index (χ3n) is 4.51. The third-order valence-corrected chi connectivity index (χ3v) is 4.51. The number of amides is 1. The minimum absolute atomic E-state index is 0.0590. The third kappa shape index (κ3) is 4.90. The number of ether oxygens (including phenoxy) is 1.